The van der Waals surface area contributed by atoms with Crippen LogP contribution in [-0.4, -0.2) is 70.1 Å². The summed E-state index contributed by atoms with van der Waals surface area (Å²) in [6.07, 6.45) is 4.41. The number of nitrogens with zero attached hydrogens (tertiary/aromatic N) is 5. The first-order chi connectivity index (χ1) is 22.0. The Bertz CT molecular complexity index is 1870. The summed E-state index contributed by atoms with van der Waals surface area (Å²) in [7, 11) is -3.99. The van der Waals surface area contributed by atoms with E-state index in [1.165, 1.54) is 29.4 Å². The van der Waals surface area contributed by atoms with Crippen molar-refractivity contribution < 1.29 is 27.8 Å². The van der Waals surface area contributed by atoms with Crippen LogP contribution in [0.25, 0.3) is 11.0 Å². The fourth-order valence-corrected chi connectivity index (χ4v) is 7.80. The second-order valence-electron chi connectivity index (χ2n) is 13.0. The van der Waals surface area contributed by atoms with Gasteiger partial charge in [0.2, 0.25) is 15.9 Å². The third kappa shape index (κ3) is 6.25. The lowest BCUT2D eigenvalue weighted by atomic mass is 9.69. The number of benzene rings is 2. The van der Waals surface area contributed by atoms with Crippen LogP contribution in [-0.2, 0) is 32.6 Å². The maximum Gasteiger partial charge on any atom is 0.310 e. The molecule has 0 saturated heterocycles. The van der Waals surface area contributed by atoms with Gasteiger partial charge in [-0.1, -0.05) is 29.5 Å². The molecule has 3 heterocycles. The van der Waals surface area contributed by atoms with Crippen molar-refractivity contribution in [2.45, 2.75) is 70.9 Å². The molecule has 1 aliphatic carbocycles. The molecule has 0 unspecified atom stereocenters. The number of aromatic nitrogens is 4. The molecule has 0 radical (unpaired) electrons. The monoisotopic (exact) mass is 647 g/mol. The average molecular weight is 648 g/mol. The summed E-state index contributed by atoms with van der Waals surface area (Å²) in [5, 5.41) is 19.4. The van der Waals surface area contributed by atoms with Crippen molar-refractivity contribution >= 4 is 27.0 Å². The van der Waals surface area contributed by atoms with Crippen molar-refractivity contribution in [1.29, 1.82) is 0 Å². The van der Waals surface area contributed by atoms with Gasteiger partial charge in [0.1, 0.15) is 17.0 Å². The Labute approximate surface area is 269 Å². The quantitative estimate of drug-likeness (QED) is 0.277. The smallest absolute Gasteiger partial charge is 0.310 e. The largest absolute Gasteiger partial charge is 0.481 e. The van der Waals surface area contributed by atoms with Gasteiger partial charge in [-0.2, -0.15) is 4.31 Å². The summed E-state index contributed by atoms with van der Waals surface area (Å²) in [6, 6.07) is 12.9. The van der Waals surface area contributed by atoms with Gasteiger partial charge in [0, 0.05) is 38.4 Å². The molecule has 12 heteroatoms. The summed E-state index contributed by atoms with van der Waals surface area (Å²) >= 11 is 0. The topological polar surface area (TPSA) is 137 Å². The molecule has 2 aliphatic rings. The van der Waals surface area contributed by atoms with E-state index >= 15 is 0 Å². The number of hydrogen-bond acceptors (Lipinski definition) is 8. The van der Waals surface area contributed by atoms with Crippen LogP contribution in [0.15, 0.2) is 53.6 Å². The van der Waals surface area contributed by atoms with E-state index in [9.17, 15) is 18.3 Å². The lowest BCUT2D eigenvalue weighted by molar-refractivity contribution is -0.147. The summed E-state index contributed by atoms with van der Waals surface area (Å²) in [4.78, 5) is 17.0. The molecule has 2 aromatic heterocycles. The maximum absolute atomic E-state index is 14.1. The molecule has 0 bridgehead atoms. The zero-order chi connectivity index (χ0) is 32.6. The number of rotatable bonds is 8. The number of fused-ring (bicyclic) bond motifs is 2. The minimum absolute atomic E-state index is 0.00857. The third-order valence-electron chi connectivity index (χ3n) is 9.26. The van der Waals surface area contributed by atoms with Crippen LogP contribution in [0.4, 0.5) is 0 Å². The summed E-state index contributed by atoms with van der Waals surface area (Å²) < 4.78 is 42.9. The predicted octanol–water partition coefficient (Wildman–Crippen LogP) is 5.09. The van der Waals surface area contributed by atoms with Gasteiger partial charge >= 0.3 is 5.97 Å². The van der Waals surface area contributed by atoms with Crippen molar-refractivity contribution in [3.63, 3.8) is 0 Å². The Kier molecular flexibility index (Phi) is 8.88. The summed E-state index contributed by atoms with van der Waals surface area (Å²) in [5.41, 5.74) is 4.71. The second kappa shape index (κ2) is 12.7. The number of carbonyl (C=O) groups is 1. The van der Waals surface area contributed by atoms with E-state index in [0.717, 1.165) is 45.4 Å². The highest BCUT2D eigenvalue weighted by molar-refractivity contribution is 7.89. The third-order valence-corrected chi connectivity index (χ3v) is 11.1. The van der Waals surface area contributed by atoms with E-state index in [1.54, 1.807) is 19.9 Å². The van der Waals surface area contributed by atoms with Crippen LogP contribution in [0.3, 0.4) is 0 Å². The van der Waals surface area contributed by atoms with E-state index in [0.29, 0.717) is 25.6 Å². The normalized spacial score (nSPS) is 18.3. The van der Waals surface area contributed by atoms with Crippen LogP contribution in [0.5, 0.6) is 5.88 Å². The molecule has 11 nitrogen and oxygen atoms in total. The minimum atomic E-state index is -3.99. The SMILES string of the molecule is Cc1ccc([C@@H](c2ccc3c(nnn3CC3CC3)c2C)C(C)(C)C(=O)O)cc1CN1CCCOCCOc2ncccc2S1(=O)=O. The standard InChI is InChI=1S/C34H41N5O6S/c1-22-8-11-25(19-26(22)21-38-15-6-16-44-17-18-45-32-29(46(38,42)43)7-5-14-35-32)30(34(3,4)33(40)41)27-12-13-28-31(23(27)2)36-37-39(28)20-24-9-10-24/h5,7-8,11-14,19,24,30H,6,9-10,15-18,20-21H2,1-4H3,(H,40,41)/t30-/m0/s1. The lowest BCUT2D eigenvalue weighted by Gasteiger charge is -2.33. The van der Waals surface area contributed by atoms with Gasteiger partial charge in [0.15, 0.2) is 0 Å². The van der Waals surface area contributed by atoms with Crippen LogP contribution in [0.2, 0.25) is 0 Å². The van der Waals surface area contributed by atoms with E-state index in [2.05, 4.69) is 15.3 Å². The zero-order valence-corrected chi connectivity index (χ0v) is 27.6. The Morgan fingerprint density at radius 1 is 1.11 bits per heavy atom. The van der Waals surface area contributed by atoms with E-state index in [4.69, 9.17) is 9.47 Å². The number of carboxylic acids is 1. The second-order valence-corrected chi connectivity index (χ2v) is 14.9. The predicted molar refractivity (Wildman–Crippen MR) is 172 cm³/mol. The number of aliphatic carboxylic acids is 1. The minimum Gasteiger partial charge on any atom is -0.481 e. The van der Waals surface area contributed by atoms with E-state index in [-0.39, 0.29) is 30.5 Å². The molecule has 1 atom stereocenters. The van der Waals surface area contributed by atoms with E-state index < -0.39 is 27.3 Å². The molecule has 1 saturated carbocycles. The van der Waals surface area contributed by atoms with Crippen molar-refractivity contribution in [3.8, 4) is 5.88 Å². The van der Waals surface area contributed by atoms with Gasteiger partial charge in [-0.15, -0.1) is 5.10 Å². The fourth-order valence-electron chi connectivity index (χ4n) is 6.26. The van der Waals surface area contributed by atoms with Crippen LogP contribution in [0.1, 0.15) is 66.8 Å². The van der Waals surface area contributed by atoms with Gasteiger partial charge in [-0.05, 0) is 98.9 Å². The Balaban J connectivity index is 1.41. The first-order valence-corrected chi connectivity index (χ1v) is 17.2. The Hall–Kier alpha value is -3.87. The molecular formula is C34H41N5O6S. The van der Waals surface area contributed by atoms with Gasteiger partial charge < -0.3 is 14.6 Å². The summed E-state index contributed by atoms with van der Waals surface area (Å²) in [6.45, 7) is 9.45. The molecular weight excluding hydrogens is 606 g/mol. The molecule has 0 spiro atoms. The van der Waals surface area contributed by atoms with Gasteiger partial charge in [-0.25, -0.2) is 18.1 Å². The molecule has 4 aromatic rings. The van der Waals surface area contributed by atoms with E-state index in [1.807, 2.05) is 48.9 Å². The molecule has 6 rings (SSSR count). The highest BCUT2D eigenvalue weighted by atomic mass is 32.2. The first kappa shape index (κ1) is 32.1. The average Bonchev–Trinajstić information content (AvgIpc) is 3.75. The molecule has 0 amide bonds. The number of aryl methyl sites for hydroxylation is 2. The number of carboxylic acid groups (broad SMARTS) is 1. The molecule has 1 aliphatic heterocycles. The number of hydrogen-bond donors (Lipinski definition) is 1. The molecule has 2 aromatic carbocycles. The maximum atomic E-state index is 14.1. The highest BCUT2D eigenvalue weighted by Gasteiger charge is 2.40. The zero-order valence-electron chi connectivity index (χ0n) is 26.8. The Morgan fingerprint density at radius 3 is 2.67 bits per heavy atom. The van der Waals surface area contributed by atoms with Crippen LogP contribution >= 0.6 is 0 Å². The molecule has 1 N–H and O–H groups in total. The fraction of sp³-hybridized carbons (Fsp3) is 0.471. The number of sulfonamides is 1. The molecule has 1 fully saturated rings. The van der Waals surface area contributed by atoms with Gasteiger partial charge in [-0.3, -0.25) is 4.79 Å². The number of ether oxygens (including phenoxy) is 2. The Morgan fingerprint density at radius 2 is 1.91 bits per heavy atom. The van der Waals surface area contributed by atoms with Crippen molar-refractivity contribution in [3.05, 3.63) is 76.5 Å². The van der Waals surface area contributed by atoms with Crippen LogP contribution < -0.4 is 4.74 Å². The van der Waals surface area contributed by atoms with Gasteiger partial charge in [0.05, 0.1) is 17.5 Å². The van der Waals surface area contributed by atoms with Gasteiger partial charge in [0.25, 0.3) is 0 Å². The number of pyridine rings is 1. The first-order valence-electron chi connectivity index (χ1n) is 15.8. The summed E-state index contributed by atoms with van der Waals surface area (Å²) in [5.74, 6) is -0.801. The van der Waals surface area contributed by atoms with Crippen LogP contribution in [0, 0.1) is 25.2 Å². The van der Waals surface area contributed by atoms with Crippen molar-refractivity contribution in [2.75, 3.05) is 26.4 Å². The molecule has 46 heavy (non-hydrogen) atoms. The van der Waals surface area contributed by atoms with Crippen molar-refractivity contribution in [2.24, 2.45) is 11.3 Å². The van der Waals surface area contributed by atoms with Crippen molar-refractivity contribution in [1.82, 2.24) is 24.3 Å². The molecule has 244 valence electrons. The highest BCUT2D eigenvalue weighted by Crippen LogP contribution is 2.44. The lowest BCUT2D eigenvalue weighted by Crippen LogP contribution is -2.34.